The minimum absolute atomic E-state index is 0.322. The van der Waals surface area contributed by atoms with E-state index in [1.165, 1.54) is 11.8 Å². The van der Waals surface area contributed by atoms with Gasteiger partial charge in [0.15, 0.2) is 10.3 Å². The van der Waals surface area contributed by atoms with Gasteiger partial charge in [-0.15, -0.1) is 0 Å². The van der Waals surface area contributed by atoms with Gasteiger partial charge in [0.25, 0.3) is 0 Å². The number of anilines is 1. The Morgan fingerprint density at radius 2 is 2.05 bits per heavy atom. The molecule has 2 N–H and O–H groups in total. The van der Waals surface area contributed by atoms with E-state index in [9.17, 15) is 0 Å². The number of nitrogens with zero attached hydrogens (tertiary/aromatic N) is 4. The number of thiocarbonyl (C=S) groups is 1. The summed E-state index contributed by atoms with van der Waals surface area (Å²) in [7, 11) is 0. The number of aromatic nitrogens is 4. The van der Waals surface area contributed by atoms with E-state index in [0.717, 1.165) is 6.54 Å². The highest BCUT2D eigenvalue weighted by molar-refractivity contribution is 7.99. The van der Waals surface area contributed by atoms with Gasteiger partial charge in [0.05, 0.1) is 0 Å². The zero-order valence-corrected chi connectivity index (χ0v) is 14.5. The van der Waals surface area contributed by atoms with Crippen LogP contribution in [0.2, 0.25) is 5.15 Å². The zero-order valence-electron chi connectivity index (χ0n) is 12.1. The first-order valence-electron chi connectivity index (χ1n) is 6.57. The molecule has 0 saturated heterocycles. The molecule has 9 heteroatoms. The summed E-state index contributed by atoms with van der Waals surface area (Å²) in [6.07, 6.45) is 3.34. The van der Waals surface area contributed by atoms with Crippen molar-refractivity contribution in [2.24, 2.45) is 5.92 Å². The fourth-order valence-corrected chi connectivity index (χ4v) is 2.52. The van der Waals surface area contributed by atoms with Crippen LogP contribution in [-0.4, -0.2) is 31.6 Å². The van der Waals surface area contributed by atoms with Gasteiger partial charge in [0.2, 0.25) is 5.95 Å². The van der Waals surface area contributed by atoms with Crippen molar-refractivity contribution in [3.8, 4) is 0 Å². The van der Waals surface area contributed by atoms with E-state index in [1.54, 1.807) is 24.5 Å². The molecule has 116 valence electrons. The minimum atomic E-state index is 0.322. The van der Waals surface area contributed by atoms with Crippen LogP contribution in [-0.2, 0) is 0 Å². The molecule has 6 nitrogen and oxygen atoms in total. The van der Waals surface area contributed by atoms with Gasteiger partial charge >= 0.3 is 0 Å². The molecule has 0 aliphatic rings. The van der Waals surface area contributed by atoms with Gasteiger partial charge in [-0.1, -0.05) is 25.4 Å². The predicted molar refractivity (Wildman–Crippen MR) is 92.3 cm³/mol. The lowest BCUT2D eigenvalue weighted by Crippen LogP contribution is -2.32. The monoisotopic (exact) mass is 354 g/mol. The molecule has 0 aliphatic carbocycles. The van der Waals surface area contributed by atoms with Crippen LogP contribution in [0, 0.1) is 5.92 Å². The van der Waals surface area contributed by atoms with Crippen molar-refractivity contribution in [2.75, 3.05) is 11.9 Å². The molecule has 0 saturated carbocycles. The zero-order chi connectivity index (χ0) is 15.9. The van der Waals surface area contributed by atoms with Crippen LogP contribution < -0.4 is 10.6 Å². The standard InChI is InChI=1S/C13H15ClN6S2/c1-8(2)7-17-12(21)20-11-18-9(14)6-10(19-11)22-13-15-4-3-5-16-13/h3-6,8H,7H2,1-2H3,(H2,17,18,19,20,21). The first kappa shape index (κ1) is 16.9. The van der Waals surface area contributed by atoms with Gasteiger partial charge in [0, 0.05) is 25.0 Å². The second kappa shape index (κ2) is 8.21. The second-order valence-corrected chi connectivity index (χ2v) is 6.50. The summed E-state index contributed by atoms with van der Waals surface area (Å²) in [5.41, 5.74) is 0. The SMILES string of the molecule is CC(C)CNC(=S)Nc1nc(Cl)cc(Sc2ncccn2)n1. The van der Waals surface area contributed by atoms with Gasteiger partial charge in [-0.2, -0.15) is 0 Å². The third kappa shape index (κ3) is 5.70. The van der Waals surface area contributed by atoms with Crippen molar-refractivity contribution in [1.82, 2.24) is 25.3 Å². The molecule has 0 bridgehead atoms. The third-order valence-corrected chi connectivity index (χ3v) is 3.56. The third-order valence-electron chi connectivity index (χ3n) is 2.31. The molecule has 0 fully saturated rings. The van der Waals surface area contributed by atoms with Gasteiger partial charge in [0.1, 0.15) is 10.2 Å². The Hall–Kier alpha value is -1.51. The normalized spacial score (nSPS) is 10.5. The molecule has 0 unspecified atom stereocenters. The van der Waals surface area contributed by atoms with Crippen LogP contribution in [0.3, 0.4) is 0 Å². The Morgan fingerprint density at radius 3 is 2.73 bits per heavy atom. The number of hydrogen-bond donors (Lipinski definition) is 2. The second-order valence-electron chi connectivity index (χ2n) is 4.71. The Morgan fingerprint density at radius 1 is 1.32 bits per heavy atom. The predicted octanol–water partition coefficient (Wildman–Crippen LogP) is 3.01. The van der Waals surface area contributed by atoms with Crippen molar-refractivity contribution in [1.29, 1.82) is 0 Å². The smallest absolute Gasteiger partial charge is 0.231 e. The summed E-state index contributed by atoms with van der Waals surface area (Å²) in [6, 6.07) is 3.40. The highest BCUT2D eigenvalue weighted by Crippen LogP contribution is 2.25. The average molecular weight is 355 g/mol. The van der Waals surface area contributed by atoms with Crippen molar-refractivity contribution < 1.29 is 0 Å². The van der Waals surface area contributed by atoms with E-state index >= 15 is 0 Å². The summed E-state index contributed by atoms with van der Waals surface area (Å²) in [4.78, 5) is 16.7. The number of hydrogen-bond acceptors (Lipinski definition) is 6. The fourth-order valence-electron chi connectivity index (χ4n) is 1.38. The van der Waals surface area contributed by atoms with Crippen LogP contribution in [0.25, 0.3) is 0 Å². The molecule has 2 aromatic heterocycles. The minimum Gasteiger partial charge on any atom is -0.362 e. The molecule has 0 radical (unpaired) electrons. The highest BCUT2D eigenvalue weighted by Gasteiger charge is 2.08. The molecule has 0 aliphatic heterocycles. The molecular weight excluding hydrogens is 340 g/mol. The fraction of sp³-hybridized carbons (Fsp3) is 0.308. The number of halogens is 1. The maximum atomic E-state index is 6.02. The molecule has 0 atom stereocenters. The average Bonchev–Trinajstić information content (AvgIpc) is 2.45. The van der Waals surface area contributed by atoms with E-state index in [1.807, 2.05) is 0 Å². The molecule has 22 heavy (non-hydrogen) atoms. The Kier molecular flexibility index (Phi) is 6.29. The molecular formula is C13H15ClN6S2. The van der Waals surface area contributed by atoms with Gasteiger partial charge in [-0.25, -0.2) is 19.9 Å². The van der Waals surface area contributed by atoms with E-state index in [0.29, 0.717) is 32.3 Å². The van der Waals surface area contributed by atoms with Crippen LogP contribution in [0.4, 0.5) is 5.95 Å². The molecule has 2 rings (SSSR count). The quantitative estimate of drug-likeness (QED) is 0.482. The first-order chi connectivity index (χ1) is 10.5. The Labute approximate surface area is 143 Å². The van der Waals surface area contributed by atoms with Crippen LogP contribution in [0.1, 0.15) is 13.8 Å². The first-order valence-corrected chi connectivity index (χ1v) is 8.17. The van der Waals surface area contributed by atoms with E-state index in [4.69, 9.17) is 23.8 Å². The number of nitrogens with one attached hydrogen (secondary N) is 2. The van der Waals surface area contributed by atoms with E-state index < -0.39 is 0 Å². The lowest BCUT2D eigenvalue weighted by Gasteiger charge is -2.11. The van der Waals surface area contributed by atoms with Crippen molar-refractivity contribution in [3.63, 3.8) is 0 Å². The largest absolute Gasteiger partial charge is 0.362 e. The summed E-state index contributed by atoms with van der Waals surface area (Å²) < 4.78 is 0. The molecule has 0 spiro atoms. The van der Waals surface area contributed by atoms with Crippen LogP contribution in [0.5, 0.6) is 0 Å². The maximum Gasteiger partial charge on any atom is 0.231 e. The lowest BCUT2D eigenvalue weighted by molar-refractivity contribution is 0.627. The highest BCUT2D eigenvalue weighted by atomic mass is 35.5. The molecule has 0 aromatic carbocycles. The van der Waals surface area contributed by atoms with Gasteiger partial charge in [-0.3, -0.25) is 0 Å². The number of rotatable bonds is 5. The topological polar surface area (TPSA) is 75.6 Å². The van der Waals surface area contributed by atoms with Gasteiger partial charge < -0.3 is 10.6 Å². The molecule has 0 amide bonds. The van der Waals surface area contributed by atoms with Crippen LogP contribution >= 0.6 is 35.6 Å². The summed E-state index contributed by atoms with van der Waals surface area (Å²) in [5, 5.41) is 8.02. The van der Waals surface area contributed by atoms with Crippen molar-refractivity contribution in [2.45, 2.75) is 24.0 Å². The summed E-state index contributed by atoms with van der Waals surface area (Å²) in [6.45, 7) is 4.96. The summed E-state index contributed by atoms with van der Waals surface area (Å²) in [5.74, 6) is 0.827. The lowest BCUT2D eigenvalue weighted by atomic mass is 10.2. The Bertz CT molecular complexity index is 638. The van der Waals surface area contributed by atoms with Crippen molar-refractivity contribution in [3.05, 3.63) is 29.7 Å². The molecule has 2 heterocycles. The van der Waals surface area contributed by atoms with Crippen molar-refractivity contribution >= 4 is 46.6 Å². The van der Waals surface area contributed by atoms with E-state index in [2.05, 4.69) is 44.4 Å². The van der Waals surface area contributed by atoms with Crippen LogP contribution in [0.15, 0.2) is 34.7 Å². The molecule has 2 aromatic rings. The Balaban J connectivity index is 2.05. The maximum absolute atomic E-state index is 6.02. The van der Waals surface area contributed by atoms with Gasteiger partial charge in [-0.05, 0) is 36.0 Å². The summed E-state index contributed by atoms with van der Waals surface area (Å²) >= 11 is 12.5. The van der Waals surface area contributed by atoms with E-state index in [-0.39, 0.29) is 0 Å².